The number of nitrogens with zero attached hydrogens (tertiary/aromatic N) is 4. The number of imidazole rings is 2. The van der Waals surface area contributed by atoms with E-state index in [0.29, 0.717) is 0 Å². The number of aromatic nitrogens is 4. The fourth-order valence-electron chi connectivity index (χ4n) is 17.8. The molecule has 22 rings (SSSR count). The van der Waals surface area contributed by atoms with Crippen LogP contribution < -0.4 is 63.7 Å². The van der Waals surface area contributed by atoms with Gasteiger partial charge in [-0.1, -0.05) is 394 Å². The highest BCUT2D eigenvalue weighted by molar-refractivity contribution is 7.86. The maximum Gasteiger partial charge on any atom is 0.171 e. The Morgan fingerprint density at radius 1 is 0.156 bits per heavy atom. The summed E-state index contributed by atoms with van der Waals surface area (Å²) >= 11 is 0. The van der Waals surface area contributed by atoms with E-state index in [0.717, 1.165) is 185 Å². The third kappa shape index (κ3) is 12.9. The summed E-state index contributed by atoms with van der Waals surface area (Å²) in [6.07, 6.45) is 0. The standard InChI is InChI=1S/2C55H38N2O2P2/c58-60(43-15-5-1-6-16-43,44-17-7-2-8-18-44)47-31-25-39(26-32-47)41-29-35-49-50-37-42(30-36-53(50)57-54-24-14-13-23-52(54)56-55(57)51(49)38-41)40-27-33-48(34-28-40)61(59,45-19-9-3-10-20-45)46-21-11-4-12-22-46;58-60(43-15-5-1-6-16-43,44-17-7-2-8-18-44)47-31-25-39(26-32-47)41-29-35-49-50(37-41)51-38-42(30-36-53(51)57-54-24-14-13-23-52(54)56-55(49)57)40-27-33-48(34-28-40)61(59,45-19-9-3-10-20-45)46-21-11-4-12-22-46/h2*1-38H. The Kier molecular flexibility index (Phi) is 19.3. The monoisotopic (exact) mass is 1640 g/mol. The first-order valence-corrected chi connectivity index (χ1v) is 47.7. The van der Waals surface area contributed by atoms with Crippen LogP contribution in [0.5, 0.6) is 0 Å². The van der Waals surface area contributed by atoms with Crippen LogP contribution in [0.1, 0.15) is 0 Å². The first kappa shape index (κ1) is 75.3. The van der Waals surface area contributed by atoms with Crippen molar-refractivity contribution in [2.75, 3.05) is 0 Å². The molecule has 122 heavy (non-hydrogen) atoms. The number of hydrogen-bond acceptors (Lipinski definition) is 6. The van der Waals surface area contributed by atoms with Crippen molar-refractivity contribution in [3.05, 3.63) is 461 Å². The Balaban J connectivity index is 0.000000150. The molecule has 0 amide bonds. The van der Waals surface area contributed by atoms with Gasteiger partial charge >= 0.3 is 0 Å². The summed E-state index contributed by atoms with van der Waals surface area (Å²) in [6.45, 7) is 0. The zero-order chi connectivity index (χ0) is 81.9. The lowest BCUT2D eigenvalue weighted by Gasteiger charge is -2.20. The quantitative estimate of drug-likeness (QED) is 0.0705. The molecule has 0 radical (unpaired) electrons. The van der Waals surface area contributed by atoms with Crippen LogP contribution in [0.25, 0.3) is 121 Å². The topological polar surface area (TPSA) is 103 Å². The van der Waals surface area contributed by atoms with Gasteiger partial charge in [0, 0.05) is 85.2 Å². The van der Waals surface area contributed by atoms with Gasteiger partial charge in [-0.3, -0.25) is 8.80 Å². The smallest absolute Gasteiger partial charge is 0.171 e. The van der Waals surface area contributed by atoms with E-state index in [1.807, 2.05) is 303 Å². The van der Waals surface area contributed by atoms with Crippen LogP contribution in [0.15, 0.2) is 461 Å². The molecule has 580 valence electrons. The Bertz CT molecular complexity index is 7770. The van der Waals surface area contributed by atoms with Crippen molar-refractivity contribution in [3.8, 4) is 44.5 Å². The molecule has 0 spiro atoms. The van der Waals surface area contributed by atoms with Gasteiger partial charge in [0.1, 0.15) is 11.3 Å². The summed E-state index contributed by atoms with van der Waals surface area (Å²) in [7, 11) is -12.4. The maximum absolute atomic E-state index is 15.1. The molecule has 4 aromatic heterocycles. The fraction of sp³-hybridized carbons (Fsp3) is 0. The number of fused-ring (bicyclic) bond motifs is 16. The van der Waals surface area contributed by atoms with Gasteiger partial charge in [-0.25, -0.2) is 9.97 Å². The van der Waals surface area contributed by atoms with Gasteiger partial charge in [0.2, 0.25) is 0 Å². The average Bonchev–Trinajstić information content (AvgIpc) is 1.54. The predicted octanol–water partition coefficient (Wildman–Crippen LogP) is 22.8. The molecule has 22 aromatic rings. The second-order valence-corrected chi connectivity index (χ2v) is 41.9. The third-order valence-electron chi connectivity index (χ3n) is 23.9. The van der Waals surface area contributed by atoms with Gasteiger partial charge < -0.3 is 18.3 Å². The minimum absolute atomic E-state index is 0.797. The zero-order valence-electron chi connectivity index (χ0n) is 66.1. The number of rotatable bonds is 16. The normalized spacial score (nSPS) is 12.1. The van der Waals surface area contributed by atoms with E-state index in [4.69, 9.17) is 9.97 Å². The summed E-state index contributed by atoms with van der Waals surface area (Å²) in [4.78, 5) is 10.4. The summed E-state index contributed by atoms with van der Waals surface area (Å²) in [5.41, 5.74) is 16.3. The molecule has 0 aliphatic carbocycles. The van der Waals surface area contributed by atoms with Crippen molar-refractivity contribution in [1.29, 1.82) is 0 Å². The van der Waals surface area contributed by atoms with E-state index in [1.165, 1.54) is 0 Å². The van der Waals surface area contributed by atoms with Crippen LogP contribution in [0, 0.1) is 0 Å². The Morgan fingerprint density at radius 2 is 0.361 bits per heavy atom. The van der Waals surface area contributed by atoms with Gasteiger partial charge in [-0.15, -0.1) is 0 Å². The van der Waals surface area contributed by atoms with Crippen LogP contribution in [0.4, 0.5) is 0 Å². The highest BCUT2D eigenvalue weighted by Crippen LogP contribution is 2.48. The van der Waals surface area contributed by atoms with Crippen molar-refractivity contribution in [1.82, 2.24) is 18.8 Å². The Morgan fingerprint density at radius 3 is 0.648 bits per heavy atom. The maximum atomic E-state index is 15.1. The summed E-state index contributed by atoms with van der Waals surface area (Å²) in [5.74, 6) is 0. The molecule has 4 heterocycles. The van der Waals surface area contributed by atoms with Crippen molar-refractivity contribution in [3.63, 3.8) is 0 Å². The van der Waals surface area contributed by atoms with Crippen molar-refractivity contribution < 1.29 is 18.3 Å². The van der Waals surface area contributed by atoms with E-state index in [2.05, 4.69) is 167 Å². The van der Waals surface area contributed by atoms with Crippen molar-refractivity contribution in [2.24, 2.45) is 0 Å². The highest BCUT2D eigenvalue weighted by atomic mass is 31.2. The predicted molar refractivity (Wildman–Crippen MR) is 515 cm³/mol. The van der Waals surface area contributed by atoms with Crippen LogP contribution in [0.2, 0.25) is 0 Å². The minimum atomic E-state index is -3.11. The number of hydrogen-bond donors (Lipinski definition) is 0. The molecule has 0 saturated heterocycles. The van der Waals surface area contributed by atoms with Gasteiger partial charge in [0.05, 0.1) is 33.1 Å². The van der Waals surface area contributed by atoms with E-state index in [1.54, 1.807) is 0 Å². The Labute approximate surface area is 706 Å². The van der Waals surface area contributed by atoms with E-state index in [9.17, 15) is 0 Å². The molecule has 12 heteroatoms. The molecular formula is C110H76N4O4P4. The molecule has 0 bridgehead atoms. The van der Waals surface area contributed by atoms with Crippen LogP contribution in [-0.4, -0.2) is 18.8 Å². The highest BCUT2D eigenvalue weighted by Gasteiger charge is 2.34. The first-order valence-electron chi connectivity index (χ1n) is 40.8. The van der Waals surface area contributed by atoms with Crippen LogP contribution in [-0.2, 0) is 18.3 Å². The molecule has 8 nitrogen and oxygen atoms in total. The van der Waals surface area contributed by atoms with Gasteiger partial charge in [0.25, 0.3) is 0 Å². The number of benzene rings is 18. The summed E-state index contributed by atoms with van der Waals surface area (Å²) < 4.78 is 64.9. The molecule has 0 N–H and O–H groups in total. The molecule has 0 saturated carbocycles. The molecule has 0 aliphatic heterocycles. The molecular weight excluding hydrogens is 1570 g/mol. The minimum Gasteiger partial charge on any atom is -0.309 e. The number of pyridine rings is 2. The molecule has 0 atom stereocenters. The SMILES string of the molecule is O=P(c1ccccc1)(c1ccccc1)c1ccc(-c2ccc3c(c2)c2cc(-c4ccc(P(=O)(c5ccccc5)c5ccccc5)cc4)ccc2n2c4ccccc4nc32)cc1.O=P(c1ccccc1)(c1ccccc1)c1ccc(-c2ccc3c(c2)c2ccc(-c4ccc(P(=O)(c5ccccc5)c5ccccc5)cc4)cc2c2nc4ccccc4n32)cc1. The van der Waals surface area contributed by atoms with E-state index in [-0.39, 0.29) is 0 Å². The Hall–Kier alpha value is -14.2. The second kappa shape index (κ2) is 31.2. The second-order valence-electron chi connectivity index (χ2n) is 30.8. The zero-order valence-corrected chi connectivity index (χ0v) is 69.7. The average molecular weight is 1640 g/mol. The molecule has 0 unspecified atom stereocenters. The van der Waals surface area contributed by atoms with Gasteiger partial charge in [0.15, 0.2) is 28.6 Å². The van der Waals surface area contributed by atoms with Crippen LogP contribution in [0.3, 0.4) is 0 Å². The van der Waals surface area contributed by atoms with Crippen LogP contribution >= 0.6 is 28.6 Å². The molecule has 0 fully saturated rings. The van der Waals surface area contributed by atoms with Crippen molar-refractivity contribution in [2.45, 2.75) is 0 Å². The van der Waals surface area contributed by atoms with Gasteiger partial charge in [-0.05, 0) is 122 Å². The largest absolute Gasteiger partial charge is 0.309 e. The van der Waals surface area contributed by atoms with E-state index >= 15 is 18.3 Å². The summed E-state index contributed by atoms with van der Waals surface area (Å²) in [6, 6.07) is 154. The summed E-state index contributed by atoms with van der Waals surface area (Å²) in [5, 5.41) is 16.2. The lowest BCUT2D eigenvalue weighted by atomic mass is 9.97. The molecule has 18 aromatic carbocycles. The lowest BCUT2D eigenvalue weighted by Crippen LogP contribution is -2.24. The first-order chi connectivity index (χ1) is 60.0. The fourth-order valence-corrected chi connectivity index (χ4v) is 28.4. The van der Waals surface area contributed by atoms with Gasteiger partial charge in [-0.2, -0.15) is 0 Å². The molecule has 0 aliphatic rings. The lowest BCUT2D eigenvalue weighted by molar-refractivity contribution is 0.591. The van der Waals surface area contributed by atoms with E-state index < -0.39 is 28.6 Å². The third-order valence-corrected chi connectivity index (χ3v) is 36.2. The van der Waals surface area contributed by atoms with Crippen molar-refractivity contribution >= 4 is 169 Å². The number of para-hydroxylation sites is 4.